The van der Waals surface area contributed by atoms with Crippen molar-refractivity contribution in [2.75, 3.05) is 18.5 Å². The molecule has 1 unspecified atom stereocenters. The lowest BCUT2D eigenvalue weighted by Gasteiger charge is -2.14. The van der Waals surface area contributed by atoms with Gasteiger partial charge < -0.3 is 4.57 Å². The van der Waals surface area contributed by atoms with Crippen LogP contribution in [0.15, 0.2) is 0 Å². The summed E-state index contributed by atoms with van der Waals surface area (Å²) in [6, 6.07) is 0. The Morgan fingerprint density at radius 3 is 2.00 bits per heavy atom. The smallest absolute Gasteiger partial charge is 0.0874 e. The Morgan fingerprint density at radius 2 is 1.54 bits per heavy atom. The highest BCUT2D eigenvalue weighted by Gasteiger charge is 2.16. The van der Waals surface area contributed by atoms with Crippen LogP contribution in [0.25, 0.3) is 0 Å². The molecule has 2 heteroatoms. The van der Waals surface area contributed by atoms with Gasteiger partial charge in [-0.05, 0) is 19.0 Å². The third-order valence-corrected chi connectivity index (χ3v) is 6.17. The second kappa shape index (κ2) is 7.62. The summed E-state index contributed by atoms with van der Waals surface area (Å²) in [5.41, 5.74) is 0. The van der Waals surface area contributed by atoms with Crippen molar-refractivity contribution >= 4 is 7.14 Å². The fraction of sp³-hybridized carbons (Fsp3) is 1.00. The molecule has 0 saturated heterocycles. The third-order valence-electron chi connectivity index (χ3n) is 2.63. The number of hydrogen-bond donors (Lipinski definition) is 0. The summed E-state index contributed by atoms with van der Waals surface area (Å²) < 4.78 is 12.1. The molecule has 0 aliphatic rings. The molecule has 0 N–H and O–H groups in total. The van der Waals surface area contributed by atoms with Crippen LogP contribution in [0.4, 0.5) is 0 Å². The second-order valence-corrected chi connectivity index (χ2v) is 7.53. The van der Waals surface area contributed by atoms with Crippen molar-refractivity contribution in [2.45, 2.75) is 52.9 Å². The van der Waals surface area contributed by atoms with Crippen LogP contribution in [0.2, 0.25) is 0 Å². The summed E-state index contributed by atoms with van der Waals surface area (Å²) in [4.78, 5) is 0. The lowest BCUT2D eigenvalue weighted by molar-refractivity contribution is 0.569. The normalized spacial score (nSPS) is 15.6. The molecule has 0 aromatic heterocycles. The van der Waals surface area contributed by atoms with Gasteiger partial charge in [-0.3, -0.25) is 0 Å². The van der Waals surface area contributed by atoms with Gasteiger partial charge in [0, 0.05) is 12.3 Å². The van der Waals surface area contributed by atoms with Gasteiger partial charge in [0.2, 0.25) is 0 Å². The fourth-order valence-electron chi connectivity index (χ4n) is 1.66. The highest BCUT2D eigenvalue weighted by molar-refractivity contribution is 7.63. The first-order chi connectivity index (χ1) is 6.18. The first-order valence-corrected chi connectivity index (χ1v) is 8.02. The Labute approximate surface area is 83.7 Å². The van der Waals surface area contributed by atoms with Crippen molar-refractivity contribution in [3.63, 3.8) is 0 Å². The standard InChI is InChI=1S/C11H25OP/c1-4-7-8-9-11-13(12,6-3)10-5-2/h4-11H2,1-3H3. The van der Waals surface area contributed by atoms with E-state index >= 15 is 0 Å². The molecule has 0 saturated carbocycles. The summed E-state index contributed by atoms with van der Waals surface area (Å²) in [5, 5.41) is 0. The quantitative estimate of drug-likeness (QED) is 0.424. The van der Waals surface area contributed by atoms with Crippen LogP contribution in [-0.4, -0.2) is 18.5 Å². The largest absolute Gasteiger partial charge is 0.324 e. The van der Waals surface area contributed by atoms with Crippen LogP contribution in [0.1, 0.15) is 52.9 Å². The van der Waals surface area contributed by atoms with E-state index < -0.39 is 7.14 Å². The molecule has 0 bridgehead atoms. The topological polar surface area (TPSA) is 17.1 Å². The minimum absolute atomic E-state index is 0.910. The van der Waals surface area contributed by atoms with Crippen LogP contribution < -0.4 is 0 Å². The van der Waals surface area contributed by atoms with E-state index in [-0.39, 0.29) is 0 Å². The molecule has 0 aromatic rings. The van der Waals surface area contributed by atoms with Gasteiger partial charge in [-0.15, -0.1) is 0 Å². The van der Waals surface area contributed by atoms with Crippen molar-refractivity contribution in [1.82, 2.24) is 0 Å². The van der Waals surface area contributed by atoms with E-state index in [9.17, 15) is 4.57 Å². The van der Waals surface area contributed by atoms with Gasteiger partial charge in [-0.2, -0.15) is 0 Å². The van der Waals surface area contributed by atoms with Crippen LogP contribution in [-0.2, 0) is 4.57 Å². The van der Waals surface area contributed by atoms with Gasteiger partial charge >= 0.3 is 0 Å². The molecule has 1 atom stereocenters. The van der Waals surface area contributed by atoms with Crippen molar-refractivity contribution in [3.8, 4) is 0 Å². The SMILES string of the molecule is CCCCCCP(=O)(CC)CCC. The first-order valence-electron chi connectivity index (χ1n) is 5.75. The zero-order valence-electron chi connectivity index (χ0n) is 9.51. The maximum atomic E-state index is 12.1. The van der Waals surface area contributed by atoms with Gasteiger partial charge in [0.15, 0.2) is 0 Å². The molecule has 13 heavy (non-hydrogen) atoms. The minimum Gasteiger partial charge on any atom is -0.324 e. The number of rotatable bonds is 8. The molecule has 0 spiro atoms. The summed E-state index contributed by atoms with van der Waals surface area (Å²) in [5.74, 6) is 0. The van der Waals surface area contributed by atoms with Crippen LogP contribution >= 0.6 is 7.14 Å². The number of unbranched alkanes of at least 4 members (excludes halogenated alkanes) is 3. The molecule has 0 rings (SSSR count). The Morgan fingerprint density at radius 1 is 0.846 bits per heavy atom. The van der Waals surface area contributed by atoms with Gasteiger partial charge in [-0.1, -0.05) is 40.0 Å². The molecule has 0 aromatic carbocycles. The zero-order chi connectivity index (χ0) is 10.2. The Balaban J connectivity index is 3.64. The van der Waals surface area contributed by atoms with E-state index in [0.717, 1.165) is 24.9 Å². The highest BCUT2D eigenvalue weighted by atomic mass is 31.2. The van der Waals surface area contributed by atoms with Crippen molar-refractivity contribution < 1.29 is 4.57 Å². The lowest BCUT2D eigenvalue weighted by atomic mass is 10.2. The van der Waals surface area contributed by atoms with E-state index in [1.54, 1.807) is 0 Å². The molecule has 0 amide bonds. The molecule has 0 fully saturated rings. The third kappa shape index (κ3) is 6.32. The maximum Gasteiger partial charge on any atom is 0.0874 e. The van der Waals surface area contributed by atoms with Crippen LogP contribution in [0.5, 0.6) is 0 Å². The average molecular weight is 204 g/mol. The Hall–Kier alpha value is 0.230. The summed E-state index contributed by atoms with van der Waals surface area (Å²) in [6.45, 7) is 6.43. The minimum atomic E-state index is -1.74. The van der Waals surface area contributed by atoms with Gasteiger partial charge in [0.05, 0.1) is 7.14 Å². The predicted molar refractivity (Wildman–Crippen MR) is 62.3 cm³/mol. The molecule has 0 aliphatic heterocycles. The summed E-state index contributed by atoms with van der Waals surface area (Å²) in [6.07, 6.45) is 8.97. The van der Waals surface area contributed by atoms with Gasteiger partial charge in [0.1, 0.15) is 0 Å². The maximum absolute atomic E-state index is 12.1. The van der Waals surface area contributed by atoms with E-state index in [1.165, 1.54) is 25.7 Å². The lowest BCUT2D eigenvalue weighted by Crippen LogP contribution is -1.97. The number of hydrogen-bond acceptors (Lipinski definition) is 1. The molecule has 0 heterocycles. The van der Waals surface area contributed by atoms with E-state index in [1.807, 2.05) is 0 Å². The van der Waals surface area contributed by atoms with Crippen molar-refractivity contribution in [2.24, 2.45) is 0 Å². The summed E-state index contributed by atoms with van der Waals surface area (Å²) >= 11 is 0. The zero-order valence-corrected chi connectivity index (χ0v) is 10.4. The Bertz CT molecular complexity index is 154. The summed E-state index contributed by atoms with van der Waals surface area (Å²) in [7, 11) is -1.74. The van der Waals surface area contributed by atoms with E-state index in [0.29, 0.717) is 0 Å². The van der Waals surface area contributed by atoms with Gasteiger partial charge in [-0.25, -0.2) is 0 Å². The first kappa shape index (κ1) is 13.2. The van der Waals surface area contributed by atoms with Gasteiger partial charge in [0.25, 0.3) is 0 Å². The highest BCUT2D eigenvalue weighted by Crippen LogP contribution is 2.46. The molecule has 80 valence electrons. The second-order valence-electron chi connectivity index (χ2n) is 3.88. The van der Waals surface area contributed by atoms with Crippen LogP contribution in [0.3, 0.4) is 0 Å². The molecular weight excluding hydrogens is 179 g/mol. The van der Waals surface area contributed by atoms with E-state index in [2.05, 4.69) is 20.8 Å². The van der Waals surface area contributed by atoms with E-state index in [4.69, 9.17) is 0 Å². The van der Waals surface area contributed by atoms with Crippen LogP contribution in [0, 0.1) is 0 Å². The Kier molecular flexibility index (Phi) is 7.75. The molecular formula is C11H25OP. The van der Waals surface area contributed by atoms with Crippen molar-refractivity contribution in [3.05, 3.63) is 0 Å². The monoisotopic (exact) mass is 204 g/mol. The fourth-order valence-corrected chi connectivity index (χ4v) is 4.13. The predicted octanol–water partition coefficient (Wildman–Crippen LogP) is 4.36. The average Bonchev–Trinajstić information content (AvgIpc) is 2.13. The molecule has 0 radical (unpaired) electrons. The molecule has 1 nitrogen and oxygen atoms in total. The molecule has 0 aliphatic carbocycles. The van der Waals surface area contributed by atoms with Crippen molar-refractivity contribution in [1.29, 1.82) is 0 Å².